The number of rotatable bonds is 3. The molecule has 0 atom stereocenters. The molecule has 0 aliphatic heterocycles. The Labute approximate surface area is 98.5 Å². The van der Waals surface area contributed by atoms with Crippen LogP contribution >= 0.6 is 0 Å². The first kappa shape index (κ1) is 11.6. The molecule has 5 nitrogen and oxygen atoms in total. The summed E-state index contributed by atoms with van der Waals surface area (Å²) in [4.78, 5) is 21.6. The normalized spacial score (nSPS) is 22.6. The summed E-state index contributed by atoms with van der Waals surface area (Å²) in [5, 5.41) is 10.4. The summed E-state index contributed by atoms with van der Waals surface area (Å²) in [6, 6.07) is 5.45. The molecule has 1 fully saturated rings. The van der Waals surface area contributed by atoms with Gasteiger partial charge in [0.25, 0.3) is 5.69 Å². The first-order valence-corrected chi connectivity index (χ1v) is 5.51. The van der Waals surface area contributed by atoms with E-state index in [1.807, 2.05) is 0 Å². The number of hydrogen-bond acceptors (Lipinski definition) is 4. The summed E-state index contributed by atoms with van der Waals surface area (Å²) >= 11 is 0. The van der Waals surface area contributed by atoms with Crippen molar-refractivity contribution in [1.29, 1.82) is 0 Å². The number of nitro groups is 1. The van der Waals surface area contributed by atoms with Crippen LogP contribution in [-0.4, -0.2) is 17.0 Å². The quantitative estimate of drug-likeness (QED) is 0.458. The number of nitrogens with zero attached hydrogens (tertiary/aromatic N) is 1. The highest BCUT2D eigenvalue weighted by molar-refractivity contribution is 5.89. The van der Waals surface area contributed by atoms with Crippen molar-refractivity contribution in [1.82, 2.24) is 0 Å². The van der Waals surface area contributed by atoms with Gasteiger partial charge in [-0.15, -0.1) is 0 Å². The van der Waals surface area contributed by atoms with Crippen molar-refractivity contribution in [2.24, 2.45) is 5.92 Å². The van der Waals surface area contributed by atoms with Gasteiger partial charge in [0.2, 0.25) is 0 Å². The minimum Gasteiger partial charge on any atom is -0.459 e. The standard InChI is InChI=1S/C12H13NO4/c1-8-6-11(7-8)17-12(14)9-2-4-10(5-3-9)13(15)16/h2-5,8,11H,6-7H2,1H3/t8-,11-. The Morgan fingerprint density at radius 1 is 1.35 bits per heavy atom. The van der Waals surface area contributed by atoms with Crippen LogP contribution in [0.1, 0.15) is 30.1 Å². The lowest BCUT2D eigenvalue weighted by Crippen LogP contribution is -2.31. The number of benzene rings is 1. The number of ether oxygens (including phenoxy) is 1. The SMILES string of the molecule is C[C@H]1C[C@H](OC(=O)c2ccc([N+](=O)[O-])cc2)C1. The van der Waals surface area contributed by atoms with Gasteiger partial charge in [-0.25, -0.2) is 4.79 Å². The summed E-state index contributed by atoms with van der Waals surface area (Å²) in [6.07, 6.45) is 1.81. The van der Waals surface area contributed by atoms with Gasteiger partial charge in [-0.1, -0.05) is 6.92 Å². The Kier molecular flexibility index (Phi) is 3.08. The molecule has 90 valence electrons. The third-order valence-electron chi connectivity index (χ3n) is 2.92. The van der Waals surface area contributed by atoms with Gasteiger partial charge in [-0.2, -0.15) is 0 Å². The second kappa shape index (κ2) is 4.53. The first-order valence-electron chi connectivity index (χ1n) is 5.51. The van der Waals surface area contributed by atoms with Crippen molar-refractivity contribution >= 4 is 11.7 Å². The molecule has 0 amide bonds. The van der Waals surface area contributed by atoms with E-state index in [4.69, 9.17) is 4.74 Å². The number of carbonyl (C=O) groups is 1. The molecule has 0 aromatic heterocycles. The van der Waals surface area contributed by atoms with Crippen molar-refractivity contribution < 1.29 is 14.5 Å². The van der Waals surface area contributed by atoms with E-state index < -0.39 is 10.9 Å². The van der Waals surface area contributed by atoms with E-state index in [1.54, 1.807) is 0 Å². The van der Waals surface area contributed by atoms with Gasteiger partial charge in [-0.3, -0.25) is 10.1 Å². The molecule has 1 aliphatic rings. The fourth-order valence-electron chi connectivity index (χ4n) is 1.86. The average Bonchev–Trinajstić information content (AvgIpc) is 2.27. The van der Waals surface area contributed by atoms with Crippen LogP contribution in [0.3, 0.4) is 0 Å². The maximum Gasteiger partial charge on any atom is 0.338 e. The molecule has 1 saturated carbocycles. The van der Waals surface area contributed by atoms with Gasteiger partial charge < -0.3 is 4.74 Å². The predicted molar refractivity (Wildman–Crippen MR) is 60.7 cm³/mol. The molecule has 0 radical (unpaired) electrons. The summed E-state index contributed by atoms with van der Waals surface area (Å²) in [7, 11) is 0. The third-order valence-corrected chi connectivity index (χ3v) is 2.92. The second-order valence-electron chi connectivity index (χ2n) is 4.41. The Morgan fingerprint density at radius 2 is 1.94 bits per heavy atom. The molecular weight excluding hydrogens is 222 g/mol. The van der Waals surface area contributed by atoms with Gasteiger partial charge in [0.15, 0.2) is 0 Å². The minimum absolute atomic E-state index is 0.00712. The maximum absolute atomic E-state index is 11.6. The van der Waals surface area contributed by atoms with Crippen LogP contribution in [0.2, 0.25) is 0 Å². The van der Waals surface area contributed by atoms with E-state index in [9.17, 15) is 14.9 Å². The van der Waals surface area contributed by atoms with Crippen LogP contribution in [0.25, 0.3) is 0 Å². The van der Waals surface area contributed by atoms with Crippen molar-refractivity contribution in [3.05, 3.63) is 39.9 Å². The van der Waals surface area contributed by atoms with Crippen LogP contribution in [0, 0.1) is 16.0 Å². The Morgan fingerprint density at radius 3 is 2.41 bits per heavy atom. The molecule has 1 aliphatic carbocycles. The van der Waals surface area contributed by atoms with Gasteiger partial charge in [0.1, 0.15) is 6.10 Å². The molecule has 1 aromatic carbocycles. The third kappa shape index (κ3) is 2.61. The molecule has 2 rings (SSSR count). The molecule has 0 bridgehead atoms. The summed E-state index contributed by atoms with van der Waals surface area (Å²) in [6.45, 7) is 2.11. The topological polar surface area (TPSA) is 69.4 Å². The molecule has 1 aromatic rings. The fraction of sp³-hybridized carbons (Fsp3) is 0.417. The van der Waals surface area contributed by atoms with Crippen LogP contribution in [0.5, 0.6) is 0 Å². The number of hydrogen-bond donors (Lipinski definition) is 0. The van der Waals surface area contributed by atoms with E-state index in [-0.39, 0.29) is 11.8 Å². The Balaban J connectivity index is 1.97. The fourth-order valence-corrected chi connectivity index (χ4v) is 1.86. The molecule has 0 heterocycles. The van der Waals surface area contributed by atoms with Crippen LogP contribution < -0.4 is 0 Å². The number of esters is 1. The van der Waals surface area contributed by atoms with Crippen molar-refractivity contribution in [2.45, 2.75) is 25.9 Å². The highest BCUT2D eigenvalue weighted by Gasteiger charge is 2.29. The minimum atomic E-state index is -0.497. The first-order chi connectivity index (χ1) is 8.06. The van der Waals surface area contributed by atoms with Crippen molar-refractivity contribution in [2.75, 3.05) is 0 Å². The molecule has 5 heteroatoms. The Bertz CT molecular complexity index is 434. The van der Waals surface area contributed by atoms with Gasteiger partial charge in [0.05, 0.1) is 10.5 Å². The molecule has 0 N–H and O–H groups in total. The van der Waals surface area contributed by atoms with Crippen molar-refractivity contribution in [3.63, 3.8) is 0 Å². The van der Waals surface area contributed by atoms with Crippen LogP contribution in [-0.2, 0) is 4.74 Å². The van der Waals surface area contributed by atoms with E-state index in [0.717, 1.165) is 12.8 Å². The molecule has 0 unspecified atom stereocenters. The highest BCUT2D eigenvalue weighted by atomic mass is 16.6. The lowest BCUT2D eigenvalue weighted by Gasteiger charge is -2.31. The highest BCUT2D eigenvalue weighted by Crippen LogP contribution is 2.29. The second-order valence-corrected chi connectivity index (χ2v) is 4.41. The zero-order chi connectivity index (χ0) is 12.4. The lowest BCUT2D eigenvalue weighted by molar-refractivity contribution is -0.384. The van der Waals surface area contributed by atoms with Crippen LogP contribution in [0.15, 0.2) is 24.3 Å². The monoisotopic (exact) mass is 235 g/mol. The van der Waals surface area contributed by atoms with E-state index in [1.165, 1.54) is 24.3 Å². The molecular formula is C12H13NO4. The summed E-state index contributed by atoms with van der Waals surface area (Å²) in [5.74, 6) is 0.210. The largest absolute Gasteiger partial charge is 0.459 e. The average molecular weight is 235 g/mol. The molecule has 17 heavy (non-hydrogen) atoms. The number of carbonyl (C=O) groups excluding carboxylic acids is 1. The van der Waals surface area contributed by atoms with E-state index >= 15 is 0 Å². The zero-order valence-electron chi connectivity index (χ0n) is 9.46. The maximum atomic E-state index is 11.6. The van der Waals surface area contributed by atoms with Crippen LogP contribution in [0.4, 0.5) is 5.69 Å². The summed E-state index contributed by atoms with van der Waals surface area (Å²) in [5.41, 5.74) is 0.328. The predicted octanol–water partition coefficient (Wildman–Crippen LogP) is 2.55. The van der Waals surface area contributed by atoms with Gasteiger partial charge >= 0.3 is 5.97 Å². The van der Waals surface area contributed by atoms with E-state index in [2.05, 4.69) is 6.92 Å². The number of nitro benzene ring substituents is 1. The summed E-state index contributed by atoms with van der Waals surface area (Å²) < 4.78 is 5.23. The Hall–Kier alpha value is -1.91. The van der Waals surface area contributed by atoms with Crippen molar-refractivity contribution in [3.8, 4) is 0 Å². The molecule has 0 saturated heterocycles. The smallest absolute Gasteiger partial charge is 0.338 e. The zero-order valence-corrected chi connectivity index (χ0v) is 9.46. The lowest BCUT2D eigenvalue weighted by atomic mass is 9.84. The van der Waals surface area contributed by atoms with E-state index in [0.29, 0.717) is 11.5 Å². The molecule has 0 spiro atoms. The van der Waals surface area contributed by atoms with Gasteiger partial charge in [0, 0.05) is 12.1 Å². The number of non-ortho nitro benzene ring substituents is 1. The van der Waals surface area contributed by atoms with Gasteiger partial charge in [-0.05, 0) is 30.9 Å².